The molecule has 1 heterocycles. The first kappa shape index (κ1) is 23.3. The van der Waals surface area contributed by atoms with Crippen molar-refractivity contribution in [2.24, 2.45) is 5.10 Å². The summed E-state index contributed by atoms with van der Waals surface area (Å²) in [6, 6.07) is 19.0. The van der Waals surface area contributed by atoms with Crippen LogP contribution in [0.4, 0.5) is 0 Å². The molecule has 0 fully saturated rings. The summed E-state index contributed by atoms with van der Waals surface area (Å²) in [5, 5.41) is 5.24. The first-order chi connectivity index (χ1) is 16.5. The van der Waals surface area contributed by atoms with Crippen LogP contribution in [0.3, 0.4) is 0 Å². The Morgan fingerprint density at radius 3 is 2.44 bits per heavy atom. The minimum Gasteiger partial charge on any atom is -0.497 e. The van der Waals surface area contributed by atoms with Gasteiger partial charge in [0, 0.05) is 10.1 Å². The molecule has 7 nitrogen and oxygen atoms in total. The van der Waals surface area contributed by atoms with Crippen LogP contribution in [0.1, 0.15) is 25.6 Å². The highest BCUT2D eigenvalue weighted by Gasteiger charge is 2.16. The predicted molar refractivity (Wildman–Crippen MR) is 133 cm³/mol. The number of hydrogen-bond acceptors (Lipinski definition) is 7. The molecule has 1 aromatic heterocycles. The van der Waals surface area contributed by atoms with Crippen LogP contribution in [-0.4, -0.2) is 32.3 Å². The largest absolute Gasteiger partial charge is 0.497 e. The number of halogens is 1. The molecule has 0 saturated heterocycles. The van der Waals surface area contributed by atoms with Crippen molar-refractivity contribution in [1.82, 2.24) is 5.43 Å². The Bertz CT molecular complexity index is 1380. The van der Waals surface area contributed by atoms with E-state index in [0.717, 1.165) is 10.1 Å². The number of esters is 1. The highest BCUT2D eigenvalue weighted by atomic mass is 35.5. The normalized spacial score (nSPS) is 10.9. The number of thiophene rings is 1. The smallest absolute Gasteiger partial charge is 0.343 e. The molecule has 172 valence electrons. The number of ether oxygens (including phenoxy) is 3. The Kier molecular flexibility index (Phi) is 7.10. The van der Waals surface area contributed by atoms with E-state index in [4.69, 9.17) is 25.8 Å². The minimum atomic E-state index is -0.533. The molecule has 1 amide bonds. The zero-order chi connectivity index (χ0) is 24.1. The van der Waals surface area contributed by atoms with Gasteiger partial charge < -0.3 is 14.2 Å². The van der Waals surface area contributed by atoms with Crippen LogP contribution in [0.15, 0.2) is 71.8 Å². The van der Waals surface area contributed by atoms with Gasteiger partial charge in [0.25, 0.3) is 5.91 Å². The summed E-state index contributed by atoms with van der Waals surface area (Å²) >= 11 is 7.64. The van der Waals surface area contributed by atoms with E-state index in [-0.39, 0.29) is 5.75 Å². The Morgan fingerprint density at radius 2 is 1.74 bits per heavy atom. The summed E-state index contributed by atoms with van der Waals surface area (Å²) in [5.74, 6) is 0.292. The molecule has 0 saturated carbocycles. The number of hydrogen-bond donors (Lipinski definition) is 1. The van der Waals surface area contributed by atoms with Gasteiger partial charge in [-0.1, -0.05) is 29.8 Å². The van der Waals surface area contributed by atoms with Gasteiger partial charge in [0.1, 0.15) is 10.6 Å². The molecule has 0 aliphatic rings. The van der Waals surface area contributed by atoms with Crippen molar-refractivity contribution in [3.8, 4) is 17.2 Å². The van der Waals surface area contributed by atoms with Gasteiger partial charge in [-0.05, 0) is 54.1 Å². The quantitative estimate of drug-likeness (QED) is 0.157. The number of methoxy groups -OCH3 is 2. The standard InChI is InChI=1S/C25H19ClN2O5S/c1-31-17-10-8-16(9-11-17)25(30)33-19-12-7-15(13-20(19)32-2)14-27-28-24(29)23-22(26)18-5-3-4-6-21(18)34-23/h3-14H,1-2H3,(H,28,29)/b27-14+. The molecule has 4 rings (SSSR count). The topological polar surface area (TPSA) is 86.2 Å². The summed E-state index contributed by atoms with van der Waals surface area (Å²) in [6.45, 7) is 0. The van der Waals surface area contributed by atoms with E-state index in [1.165, 1.54) is 24.7 Å². The average Bonchev–Trinajstić information content (AvgIpc) is 3.21. The molecular formula is C25H19ClN2O5S. The van der Waals surface area contributed by atoms with Gasteiger partial charge in [0.2, 0.25) is 0 Å². The van der Waals surface area contributed by atoms with E-state index < -0.39 is 11.9 Å². The molecule has 0 aliphatic heterocycles. The van der Waals surface area contributed by atoms with Gasteiger partial charge in [-0.15, -0.1) is 11.3 Å². The molecule has 0 bridgehead atoms. The van der Waals surface area contributed by atoms with Crippen molar-refractivity contribution < 1.29 is 23.8 Å². The molecule has 0 aliphatic carbocycles. The fourth-order valence-corrected chi connectivity index (χ4v) is 4.52. The second kappa shape index (κ2) is 10.4. The molecule has 34 heavy (non-hydrogen) atoms. The number of carbonyl (C=O) groups is 2. The number of nitrogens with one attached hydrogen (secondary N) is 1. The summed E-state index contributed by atoms with van der Waals surface area (Å²) in [4.78, 5) is 25.3. The summed E-state index contributed by atoms with van der Waals surface area (Å²) < 4.78 is 16.8. The molecule has 3 aromatic carbocycles. The third-order valence-electron chi connectivity index (χ3n) is 4.84. The van der Waals surface area contributed by atoms with E-state index in [1.807, 2.05) is 24.3 Å². The van der Waals surface area contributed by atoms with E-state index >= 15 is 0 Å². The zero-order valence-electron chi connectivity index (χ0n) is 18.2. The number of amides is 1. The maximum Gasteiger partial charge on any atom is 0.343 e. The Hall–Kier alpha value is -3.88. The fraction of sp³-hybridized carbons (Fsp3) is 0.0800. The van der Waals surface area contributed by atoms with Crippen LogP contribution in [0.25, 0.3) is 10.1 Å². The van der Waals surface area contributed by atoms with Crippen LogP contribution >= 0.6 is 22.9 Å². The molecule has 0 atom stereocenters. The monoisotopic (exact) mass is 494 g/mol. The Balaban J connectivity index is 1.43. The van der Waals surface area contributed by atoms with Crippen LogP contribution in [0.2, 0.25) is 5.02 Å². The second-order valence-electron chi connectivity index (χ2n) is 6.97. The molecule has 4 aromatic rings. The van der Waals surface area contributed by atoms with Gasteiger partial charge in [0.15, 0.2) is 11.5 Å². The highest BCUT2D eigenvalue weighted by molar-refractivity contribution is 7.21. The van der Waals surface area contributed by atoms with E-state index in [1.54, 1.807) is 49.6 Å². The fourth-order valence-electron chi connectivity index (χ4n) is 3.11. The lowest BCUT2D eigenvalue weighted by Crippen LogP contribution is -2.16. The minimum absolute atomic E-state index is 0.251. The summed E-state index contributed by atoms with van der Waals surface area (Å²) in [5.41, 5.74) is 3.48. The molecule has 0 radical (unpaired) electrons. The van der Waals surface area contributed by atoms with Crippen LogP contribution in [0, 0.1) is 0 Å². The van der Waals surface area contributed by atoms with Gasteiger partial charge >= 0.3 is 5.97 Å². The van der Waals surface area contributed by atoms with Crippen molar-refractivity contribution in [2.45, 2.75) is 0 Å². The average molecular weight is 495 g/mol. The third-order valence-corrected chi connectivity index (χ3v) is 6.51. The number of fused-ring (bicyclic) bond motifs is 1. The Labute approximate surface area is 204 Å². The zero-order valence-corrected chi connectivity index (χ0v) is 19.8. The number of nitrogens with zero attached hydrogens (tertiary/aromatic N) is 1. The van der Waals surface area contributed by atoms with Crippen molar-refractivity contribution in [3.63, 3.8) is 0 Å². The Morgan fingerprint density at radius 1 is 0.971 bits per heavy atom. The molecule has 0 spiro atoms. The first-order valence-electron chi connectivity index (χ1n) is 10.0. The SMILES string of the molecule is COc1ccc(C(=O)Oc2ccc(/C=N/NC(=O)c3sc4ccccc4c3Cl)cc2OC)cc1. The van der Waals surface area contributed by atoms with Crippen molar-refractivity contribution in [1.29, 1.82) is 0 Å². The highest BCUT2D eigenvalue weighted by Crippen LogP contribution is 2.35. The van der Waals surface area contributed by atoms with E-state index in [0.29, 0.717) is 32.5 Å². The summed E-state index contributed by atoms with van der Waals surface area (Å²) in [7, 11) is 3.01. The number of rotatable bonds is 7. The van der Waals surface area contributed by atoms with Gasteiger partial charge in [-0.3, -0.25) is 4.79 Å². The molecule has 1 N–H and O–H groups in total. The van der Waals surface area contributed by atoms with E-state index in [2.05, 4.69) is 10.5 Å². The second-order valence-corrected chi connectivity index (χ2v) is 8.40. The van der Waals surface area contributed by atoms with Crippen molar-refractivity contribution >= 4 is 51.1 Å². The molecular weight excluding hydrogens is 476 g/mol. The maximum atomic E-state index is 12.5. The van der Waals surface area contributed by atoms with Crippen LogP contribution in [0.5, 0.6) is 17.2 Å². The number of benzene rings is 3. The van der Waals surface area contributed by atoms with Gasteiger partial charge in [-0.2, -0.15) is 5.10 Å². The molecule has 9 heteroatoms. The summed E-state index contributed by atoms with van der Waals surface area (Å²) in [6.07, 6.45) is 1.46. The predicted octanol–water partition coefficient (Wildman–Crippen LogP) is 5.56. The van der Waals surface area contributed by atoms with Crippen LogP contribution < -0.4 is 19.6 Å². The maximum absolute atomic E-state index is 12.5. The third kappa shape index (κ3) is 5.03. The number of carbonyl (C=O) groups excluding carboxylic acids is 2. The van der Waals surface area contributed by atoms with E-state index in [9.17, 15) is 9.59 Å². The lowest BCUT2D eigenvalue weighted by molar-refractivity contribution is 0.0729. The lowest BCUT2D eigenvalue weighted by Gasteiger charge is -2.10. The van der Waals surface area contributed by atoms with Crippen molar-refractivity contribution in [2.75, 3.05) is 14.2 Å². The van der Waals surface area contributed by atoms with Crippen molar-refractivity contribution in [3.05, 3.63) is 87.8 Å². The van der Waals surface area contributed by atoms with Gasteiger partial charge in [-0.25, -0.2) is 10.2 Å². The molecule has 0 unspecified atom stereocenters. The van der Waals surface area contributed by atoms with Crippen LogP contribution in [-0.2, 0) is 0 Å². The first-order valence-corrected chi connectivity index (χ1v) is 11.2. The number of hydrazone groups is 1. The lowest BCUT2D eigenvalue weighted by atomic mass is 10.2. The van der Waals surface area contributed by atoms with Gasteiger partial charge in [0.05, 0.1) is 31.0 Å².